The van der Waals surface area contributed by atoms with E-state index in [1.165, 1.54) is 0 Å². The number of thiazole rings is 1. The lowest BCUT2D eigenvalue weighted by molar-refractivity contribution is 0.857. The van der Waals surface area contributed by atoms with E-state index in [-0.39, 0.29) is 0 Å². The summed E-state index contributed by atoms with van der Waals surface area (Å²) in [6.07, 6.45) is 1.72. The third-order valence-corrected chi connectivity index (χ3v) is 3.17. The van der Waals surface area contributed by atoms with Crippen molar-refractivity contribution in [2.75, 3.05) is 5.73 Å². The summed E-state index contributed by atoms with van der Waals surface area (Å²) in [6, 6.07) is 1.95. The summed E-state index contributed by atoms with van der Waals surface area (Å²) in [4.78, 5) is 8.44. The minimum Gasteiger partial charge on any atom is -0.382 e. The maximum absolute atomic E-state index is 5.70. The number of hydrogen-bond donors (Lipinski definition) is 1. The van der Waals surface area contributed by atoms with Gasteiger partial charge in [0.2, 0.25) is 0 Å². The number of rotatable bonds is 1. The van der Waals surface area contributed by atoms with Gasteiger partial charge >= 0.3 is 0 Å². The molecule has 2 aromatic heterocycles. The number of hydrogen-bond acceptors (Lipinski definition) is 4. The van der Waals surface area contributed by atoms with Gasteiger partial charge in [-0.1, -0.05) is 13.8 Å². The average molecular weight is 193 g/mol. The molecule has 2 rings (SSSR count). The topological polar surface area (TPSA) is 51.8 Å². The molecule has 0 fully saturated rings. The van der Waals surface area contributed by atoms with Gasteiger partial charge in [-0.05, 0) is 6.07 Å². The Labute approximate surface area is 80.6 Å². The Bertz CT molecular complexity index is 433. The second-order valence-corrected chi connectivity index (χ2v) is 4.31. The fourth-order valence-electron chi connectivity index (χ4n) is 1.14. The van der Waals surface area contributed by atoms with E-state index in [1.54, 1.807) is 17.5 Å². The fourth-order valence-corrected chi connectivity index (χ4v) is 2.11. The number of nitrogens with two attached hydrogens (primary N) is 1. The van der Waals surface area contributed by atoms with E-state index in [0.717, 1.165) is 15.2 Å². The molecule has 0 radical (unpaired) electrons. The highest BCUT2D eigenvalue weighted by atomic mass is 32.1. The van der Waals surface area contributed by atoms with Crippen LogP contribution in [-0.4, -0.2) is 9.97 Å². The molecule has 0 aliphatic rings. The van der Waals surface area contributed by atoms with E-state index in [0.29, 0.717) is 11.7 Å². The quantitative estimate of drug-likeness (QED) is 0.756. The van der Waals surface area contributed by atoms with Crippen LogP contribution >= 0.6 is 11.3 Å². The lowest BCUT2D eigenvalue weighted by atomic mass is 10.2. The number of pyridine rings is 1. The first-order chi connectivity index (χ1) is 6.18. The summed E-state index contributed by atoms with van der Waals surface area (Å²) < 4.78 is 1.12. The van der Waals surface area contributed by atoms with E-state index >= 15 is 0 Å². The van der Waals surface area contributed by atoms with Crippen LogP contribution in [0.2, 0.25) is 0 Å². The van der Waals surface area contributed by atoms with Gasteiger partial charge < -0.3 is 5.73 Å². The van der Waals surface area contributed by atoms with Gasteiger partial charge in [0.15, 0.2) is 5.82 Å². The van der Waals surface area contributed by atoms with Gasteiger partial charge in [0, 0.05) is 12.1 Å². The molecule has 2 N–H and O–H groups in total. The molecule has 0 amide bonds. The zero-order valence-electron chi connectivity index (χ0n) is 7.61. The molecule has 68 valence electrons. The minimum atomic E-state index is 0.455. The van der Waals surface area contributed by atoms with Gasteiger partial charge in [-0.2, -0.15) is 0 Å². The first-order valence-electron chi connectivity index (χ1n) is 4.19. The van der Waals surface area contributed by atoms with Crippen LogP contribution in [0.25, 0.3) is 10.2 Å². The van der Waals surface area contributed by atoms with Gasteiger partial charge in [-0.15, -0.1) is 11.3 Å². The maximum atomic E-state index is 5.70. The molecule has 0 aliphatic carbocycles. The minimum absolute atomic E-state index is 0.455. The first kappa shape index (κ1) is 8.44. The third kappa shape index (κ3) is 1.37. The highest BCUT2D eigenvalue weighted by Crippen LogP contribution is 2.28. The van der Waals surface area contributed by atoms with Crippen LogP contribution in [0.1, 0.15) is 24.8 Å². The Kier molecular flexibility index (Phi) is 1.92. The lowest BCUT2D eigenvalue weighted by Crippen LogP contribution is -1.90. The standard InChI is InChI=1S/C9H11N3S/c1-5(2)9-12-7-6(13-9)3-4-11-8(7)10/h3-5H,1-2H3,(H2,10,11). The van der Waals surface area contributed by atoms with Crippen molar-refractivity contribution < 1.29 is 0 Å². The fraction of sp³-hybridized carbons (Fsp3) is 0.333. The molecule has 0 saturated carbocycles. The highest BCUT2D eigenvalue weighted by molar-refractivity contribution is 7.18. The molecule has 0 saturated heterocycles. The molecule has 2 aromatic rings. The molecule has 3 nitrogen and oxygen atoms in total. The van der Waals surface area contributed by atoms with Gasteiger partial charge in [0.25, 0.3) is 0 Å². The van der Waals surface area contributed by atoms with Crippen molar-refractivity contribution in [2.45, 2.75) is 19.8 Å². The summed E-state index contributed by atoms with van der Waals surface area (Å²) in [6.45, 7) is 4.25. The number of anilines is 1. The van der Waals surface area contributed by atoms with Crippen LogP contribution in [0.5, 0.6) is 0 Å². The number of nitrogen functional groups attached to an aromatic ring is 1. The lowest BCUT2D eigenvalue weighted by Gasteiger charge is -1.94. The summed E-state index contributed by atoms with van der Waals surface area (Å²) in [5.74, 6) is 0.984. The Morgan fingerprint density at radius 2 is 2.23 bits per heavy atom. The largest absolute Gasteiger partial charge is 0.382 e. The molecule has 0 spiro atoms. The van der Waals surface area contributed by atoms with Gasteiger partial charge in [0.05, 0.1) is 9.71 Å². The van der Waals surface area contributed by atoms with E-state index in [9.17, 15) is 0 Å². The van der Waals surface area contributed by atoms with Crippen LogP contribution in [-0.2, 0) is 0 Å². The summed E-state index contributed by atoms with van der Waals surface area (Å²) in [5.41, 5.74) is 6.55. The van der Waals surface area contributed by atoms with Crippen molar-refractivity contribution in [3.05, 3.63) is 17.3 Å². The van der Waals surface area contributed by atoms with E-state index in [2.05, 4.69) is 23.8 Å². The molecule has 0 atom stereocenters. The van der Waals surface area contributed by atoms with Crippen molar-refractivity contribution in [3.63, 3.8) is 0 Å². The van der Waals surface area contributed by atoms with Crippen molar-refractivity contribution in [3.8, 4) is 0 Å². The molecule has 4 heteroatoms. The zero-order chi connectivity index (χ0) is 9.42. The van der Waals surface area contributed by atoms with Crippen molar-refractivity contribution in [2.24, 2.45) is 0 Å². The first-order valence-corrected chi connectivity index (χ1v) is 5.01. The van der Waals surface area contributed by atoms with Gasteiger partial charge in [0.1, 0.15) is 5.52 Å². The zero-order valence-corrected chi connectivity index (χ0v) is 8.43. The summed E-state index contributed by atoms with van der Waals surface area (Å²) in [7, 11) is 0. The Hall–Kier alpha value is -1.16. The van der Waals surface area contributed by atoms with Crippen LogP contribution in [0.3, 0.4) is 0 Å². The monoisotopic (exact) mass is 193 g/mol. The molecular weight excluding hydrogens is 182 g/mol. The maximum Gasteiger partial charge on any atom is 0.150 e. The average Bonchev–Trinajstić information content (AvgIpc) is 2.49. The predicted octanol–water partition coefficient (Wildman–Crippen LogP) is 2.40. The van der Waals surface area contributed by atoms with Crippen molar-refractivity contribution >= 4 is 27.4 Å². The number of fused-ring (bicyclic) bond motifs is 1. The van der Waals surface area contributed by atoms with Crippen molar-refractivity contribution in [1.82, 2.24) is 9.97 Å². The van der Waals surface area contributed by atoms with Gasteiger partial charge in [-0.3, -0.25) is 0 Å². The summed E-state index contributed by atoms with van der Waals surface area (Å²) in [5, 5.41) is 1.12. The van der Waals surface area contributed by atoms with E-state index < -0.39 is 0 Å². The van der Waals surface area contributed by atoms with Crippen molar-refractivity contribution in [1.29, 1.82) is 0 Å². The molecule has 13 heavy (non-hydrogen) atoms. The SMILES string of the molecule is CC(C)c1nc2c(N)nccc2s1. The molecule has 0 aliphatic heterocycles. The Balaban J connectivity index is 2.68. The van der Waals surface area contributed by atoms with Crippen LogP contribution in [0.15, 0.2) is 12.3 Å². The van der Waals surface area contributed by atoms with E-state index in [1.807, 2.05) is 6.07 Å². The van der Waals surface area contributed by atoms with Gasteiger partial charge in [-0.25, -0.2) is 9.97 Å². The third-order valence-electron chi connectivity index (χ3n) is 1.85. The Morgan fingerprint density at radius 3 is 2.85 bits per heavy atom. The highest BCUT2D eigenvalue weighted by Gasteiger charge is 2.09. The van der Waals surface area contributed by atoms with Crippen LogP contribution in [0, 0.1) is 0 Å². The Morgan fingerprint density at radius 1 is 1.46 bits per heavy atom. The van der Waals surface area contributed by atoms with Crippen LogP contribution in [0.4, 0.5) is 5.82 Å². The number of aromatic nitrogens is 2. The van der Waals surface area contributed by atoms with Crippen LogP contribution < -0.4 is 5.73 Å². The molecule has 2 heterocycles. The normalized spacial score (nSPS) is 11.3. The molecular formula is C9H11N3S. The second kappa shape index (κ2) is 2.96. The van der Waals surface area contributed by atoms with E-state index in [4.69, 9.17) is 5.73 Å². The number of nitrogens with zero attached hydrogens (tertiary/aromatic N) is 2. The smallest absolute Gasteiger partial charge is 0.150 e. The molecule has 0 unspecified atom stereocenters. The predicted molar refractivity (Wildman–Crippen MR) is 55.9 cm³/mol. The molecule has 0 bridgehead atoms. The summed E-state index contributed by atoms with van der Waals surface area (Å²) >= 11 is 1.69. The molecule has 0 aromatic carbocycles. The second-order valence-electron chi connectivity index (χ2n) is 3.25.